The minimum Gasteiger partial charge on any atom is -0.481 e. The number of carboxylic acid groups (broad SMARTS) is 1. The average Bonchev–Trinajstić information content (AvgIpc) is 2.56. The molecule has 2 aromatic rings. The highest BCUT2D eigenvalue weighted by Crippen LogP contribution is 2.49. The quantitative estimate of drug-likeness (QED) is 0.467. The van der Waals surface area contributed by atoms with Crippen molar-refractivity contribution in [1.29, 1.82) is 0 Å². The molecule has 0 fully saturated rings. The lowest BCUT2D eigenvalue weighted by atomic mass is 10.0. The standard InChI is InChI=1S/C17H17F4N2O4P/c18-14-3-1-2-13(17(19,20)21)12(14)9-28(26,27)8-11(16(24)25)6-10-4-5-15(22)23-7-10/h1-5,7,11H,6,8-9H2,(H2,22,23)(H,24,25)(H,26,27). The van der Waals surface area contributed by atoms with E-state index >= 15 is 0 Å². The number of nitrogen functional groups attached to an aromatic ring is 1. The molecular formula is C17H17F4N2O4P. The molecule has 2 unspecified atom stereocenters. The van der Waals surface area contributed by atoms with Crippen LogP contribution < -0.4 is 5.73 Å². The van der Waals surface area contributed by atoms with Crippen LogP contribution in [0.5, 0.6) is 0 Å². The number of carboxylic acids is 1. The van der Waals surface area contributed by atoms with E-state index in [0.29, 0.717) is 11.6 Å². The van der Waals surface area contributed by atoms with Crippen LogP contribution in [0.1, 0.15) is 16.7 Å². The fourth-order valence-corrected chi connectivity index (χ4v) is 4.63. The number of alkyl halides is 3. The maximum Gasteiger partial charge on any atom is 0.416 e. The van der Waals surface area contributed by atoms with Gasteiger partial charge in [0, 0.05) is 17.9 Å². The van der Waals surface area contributed by atoms with Crippen molar-refractivity contribution in [2.75, 3.05) is 11.9 Å². The highest BCUT2D eigenvalue weighted by molar-refractivity contribution is 7.57. The van der Waals surface area contributed by atoms with Gasteiger partial charge in [0.25, 0.3) is 0 Å². The van der Waals surface area contributed by atoms with Crippen LogP contribution in [0.4, 0.5) is 23.4 Å². The smallest absolute Gasteiger partial charge is 0.416 e. The Labute approximate surface area is 157 Å². The second-order valence-electron chi connectivity index (χ2n) is 6.28. The fourth-order valence-electron chi connectivity index (χ4n) is 2.71. The molecular weight excluding hydrogens is 403 g/mol. The van der Waals surface area contributed by atoms with Gasteiger partial charge in [0.05, 0.1) is 17.6 Å². The number of nitrogens with two attached hydrogens (primary N) is 1. The predicted octanol–water partition coefficient (Wildman–Crippen LogP) is 3.54. The van der Waals surface area contributed by atoms with Gasteiger partial charge in [-0.1, -0.05) is 12.1 Å². The number of aromatic nitrogens is 1. The van der Waals surface area contributed by atoms with Crippen LogP contribution in [0.25, 0.3) is 0 Å². The molecule has 28 heavy (non-hydrogen) atoms. The summed E-state index contributed by atoms with van der Waals surface area (Å²) in [7, 11) is -4.46. The average molecular weight is 420 g/mol. The molecule has 4 N–H and O–H groups in total. The number of carbonyl (C=O) groups is 1. The molecule has 1 aromatic heterocycles. The van der Waals surface area contributed by atoms with Crippen LogP contribution in [0.2, 0.25) is 0 Å². The molecule has 0 saturated carbocycles. The first-order chi connectivity index (χ1) is 12.9. The van der Waals surface area contributed by atoms with Gasteiger partial charge in [0.15, 0.2) is 0 Å². The summed E-state index contributed by atoms with van der Waals surface area (Å²) in [4.78, 5) is 25.4. The monoisotopic (exact) mass is 420 g/mol. The van der Waals surface area contributed by atoms with Gasteiger partial charge in [-0.3, -0.25) is 9.36 Å². The highest BCUT2D eigenvalue weighted by atomic mass is 31.2. The zero-order chi connectivity index (χ0) is 21.1. The van der Waals surface area contributed by atoms with Gasteiger partial charge in [-0.15, -0.1) is 0 Å². The maximum atomic E-state index is 13.9. The molecule has 152 valence electrons. The van der Waals surface area contributed by atoms with Gasteiger partial charge in [0.2, 0.25) is 7.37 Å². The summed E-state index contributed by atoms with van der Waals surface area (Å²) in [6, 6.07) is 5.10. The van der Waals surface area contributed by atoms with Crippen LogP contribution in [-0.4, -0.2) is 27.1 Å². The first-order valence-electron chi connectivity index (χ1n) is 7.97. The lowest BCUT2D eigenvalue weighted by Crippen LogP contribution is -2.22. The SMILES string of the molecule is Nc1ccc(CC(CP(=O)(O)Cc2c(F)cccc2C(F)(F)F)C(=O)O)cn1. The van der Waals surface area contributed by atoms with Gasteiger partial charge < -0.3 is 15.7 Å². The molecule has 0 aliphatic carbocycles. The van der Waals surface area contributed by atoms with Crippen LogP contribution in [0, 0.1) is 11.7 Å². The van der Waals surface area contributed by atoms with E-state index in [1.54, 1.807) is 0 Å². The zero-order valence-corrected chi connectivity index (χ0v) is 15.3. The van der Waals surface area contributed by atoms with Crippen LogP contribution in [0.15, 0.2) is 36.5 Å². The second-order valence-corrected chi connectivity index (χ2v) is 8.66. The Bertz CT molecular complexity index is 903. The molecule has 1 heterocycles. The number of nitrogens with zero attached hydrogens (tertiary/aromatic N) is 1. The zero-order valence-electron chi connectivity index (χ0n) is 14.4. The van der Waals surface area contributed by atoms with Gasteiger partial charge in [0.1, 0.15) is 11.6 Å². The topological polar surface area (TPSA) is 114 Å². The van der Waals surface area contributed by atoms with E-state index < -0.39 is 54.7 Å². The summed E-state index contributed by atoms with van der Waals surface area (Å²) in [5, 5.41) is 9.33. The fraction of sp³-hybridized carbons (Fsp3) is 0.294. The first kappa shape index (κ1) is 21.8. The van der Waals surface area contributed by atoms with Crippen LogP contribution in [-0.2, 0) is 28.1 Å². The third-order valence-corrected chi connectivity index (χ3v) is 5.84. The van der Waals surface area contributed by atoms with Crippen LogP contribution in [0.3, 0.4) is 0 Å². The van der Waals surface area contributed by atoms with Crippen molar-refractivity contribution in [1.82, 2.24) is 4.98 Å². The summed E-state index contributed by atoms with van der Waals surface area (Å²) in [5.74, 6) is -3.86. The number of pyridine rings is 1. The van der Waals surface area contributed by atoms with E-state index in [1.807, 2.05) is 0 Å². The Hall–Kier alpha value is -2.45. The first-order valence-corrected chi connectivity index (χ1v) is 10.0. The van der Waals surface area contributed by atoms with Crippen molar-refractivity contribution in [3.8, 4) is 0 Å². The van der Waals surface area contributed by atoms with E-state index in [-0.39, 0.29) is 12.2 Å². The van der Waals surface area contributed by atoms with Crippen molar-refractivity contribution in [2.45, 2.75) is 18.8 Å². The van der Waals surface area contributed by atoms with Gasteiger partial charge in [-0.05, 0) is 30.2 Å². The largest absolute Gasteiger partial charge is 0.481 e. The molecule has 0 spiro atoms. The normalized spacial score (nSPS) is 15.0. The highest BCUT2D eigenvalue weighted by Gasteiger charge is 2.37. The molecule has 11 heteroatoms. The Balaban J connectivity index is 2.25. The van der Waals surface area contributed by atoms with Gasteiger partial charge in [-0.25, -0.2) is 9.37 Å². The summed E-state index contributed by atoms with van der Waals surface area (Å²) >= 11 is 0. The van der Waals surface area contributed by atoms with Crippen molar-refractivity contribution in [3.05, 3.63) is 59.0 Å². The third kappa shape index (κ3) is 5.77. The Morgan fingerprint density at radius 1 is 1.25 bits per heavy atom. The van der Waals surface area contributed by atoms with E-state index in [4.69, 9.17) is 5.73 Å². The molecule has 0 radical (unpaired) electrons. The predicted molar refractivity (Wildman–Crippen MR) is 93.3 cm³/mol. The summed E-state index contributed by atoms with van der Waals surface area (Å²) in [6.07, 6.45) is -5.75. The number of hydrogen-bond donors (Lipinski definition) is 3. The molecule has 0 aliphatic rings. The number of aliphatic carboxylic acids is 1. The van der Waals surface area contributed by atoms with Crippen LogP contribution >= 0.6 is 7.37 Å². The van der Waals surface area contributed by atoms with Crippen molar-refractivity contribution < 1.29 is 36.9 Å². The molecule has 1 aromatic carbocycles. The van der Waals surface area contributed by atoms with Crippen molar-refractivity contribution in [2.24, 2.45) is 5.92 Å². The molecule has 0 bridgehead atoms. The summed E-state index contributed by atoms with van der Waals surface area (Å²) < 4.78 is 65.6. The molecule has 0 amide bonds. The molecule has 6 nitrogen and oxygen atoms in total. The third-order valence-electron chi connectivity index (χ3n) is 4.01. The van der Waals surface area contributed by atoms with Gasteiger partial charge in [-0.2, -0.15) is 13.2 Å². The minimum atomic E-state index is -4.92. The van der Waals surface area contributed by atoms with Crippen molar-refractivity contribution >= 4 is 19.2 Å². The van der Waals surface area contributed by atoms with Crippen molar-refractivity contribution in [3.63, 3.8) is 0 Å². The molecule has 0 saturated heterocycles. The molecule has 0 aliphatic heterocycles. The number of hydrogen-bond acceptors (Lipinski definition) is 4. The Morgan fingerprint density at radius 3 is 2.46 bits per heavy atom. The lowest BCUT2D eigenvalue weighted by Gasteiger charge is -2.20. The van der Waals surface area contributed by atoms with Gasteiger partial charge >= 0.3 is 12.1 Å². The van der Waals surface area contributed by atoms with E-state index in [0.717, 1.165) is 12.1 Å². The van der Waals surface area contributed by atoms with E-state index in [1.165, 1.54) is 18.3 Å². The molecule has 2 atom stereocenters. The maximum absolute atomic E-state index is 13.9. The number of anilines is 1. The number of halogens is 4. The lowest BCUT2D eigenvalue weighted by molar-refractivity contribution is -0.141. The Kier molecular flexibility index (Phi) is 6.46. The molecule has 2 rings (SSSR count). The number of benzene rings is 1. The summed E-state index contributed by atoms with van der Waals surface area (Å²) in [6.45, 7) is 0. The van der Waals surface area contributed by atoms with E-state index in [2.05, 4.69) is 4.98 Å². The minimum absolute atomic E-state index is 0.184. The Morgan fingerprint density at radius 2 is 1.93 bits per heavy atom. The summed E-state index contributed by atoms with van der Waals surface area (Å²) in [5.41, 5.74) is 3.53. The van der Waals surface area contributed by atoms with E-state index in [9.17, 15) is 36.9 Å². The number of rotatable bonds is 7. The second kappa shape index (κ2) is 8.28.